The Balaban J connectivity index is 1.44. The molecule has 14 N–H and O–H groups in total. The molecule has 5 amide bonds. The Morgan fingerprint density at radius 2 is 1.44 bits per heavy atom. The van der Waals surface area contributed by atoms with Crippen molar-refractivity contribution in [2.45, 2.75) is 108 Å². The topological polar surface area (TPSA) is 335 Å². The predicted molar refractivity (Wildman–Crippen MR) is 283 cm³/mol. The molecule has 0 fully saturated rings. The van der Waals surface area contributed by atoms with Gasteiger partial charge in [-0.1, -0.05) is 38.2 Å². The first kappa shape index (κ1) is 58.7. The van der Waals surface area contributed by atoms with Gasteiger partial charge in [-0.25, -0.2) is 9.59 Å². The Hall–Kier alpha value is -6.91. The van der Waals surface area contributed by atoms with Gasteiger partial charge in [0.05, 0.1) is 11.6 Å². The largest absolute Gasteiger partial charge is 0.485 e. The summed E-state index contributed by atoms with van der Waals surface area (Å²) in [5.74, 6) is -5.54. The molecule has 1 heterocycles. The predicted octanol–water partition coefficient (Wildman–Crippen LogP) is 1.81. The second-order valence-electron chi connectivity index (χ2n) is 18.5. The average molecular weight is 1030 g/mol. The number of aliphatic imine (C=N–C) groups is 1. The summed E-state index contributed by atoms with van der Waals surface area (Å²) in [4.78, 5) is 99.0. The van der Waals surface area contributed by atoms with Gasteiger partial charge in [0.2, 0.25) is 23.6 Å². The summed E-state index contributed by atoms with van der Waals surface area (Å²) >= 11 is 4.20. The molecule has 0 saturated carbocycles. The molecule has 2 aromatic rings. The van der Waals surface area contributed by atoms with Gasteiger partial charge in [-0.15, -0.1) is 0 Å². The summed E-state index contributed by atoms with van der Waals surface area (Å²) in [6.45, 7) is 8.05. The first-order valence-corrected chi connectivity index (χ1v) is 25.1. The number of hydrogen-bond acceptors (Lipinski definition) is 13. The van der Waals surface area contributed by atoms with E-state index >= 15 is 0 Å². The number of fused-ring (bicyclic) bond motifs is 2. The fourth-order valence-corrected chi connectivity index (χ4v) is 8.68. The Kier molecular flexibility index (Phi) is 22.8. The van der Waals surface area contributed by atoms with Crippen LogP contribution in [-0.2, 0) is 24.0 Å². The van der Waals surface area contributed by atoms with Gasteiger partial charge < -0.3 is 69.0 Å². The van der Waals surface area contributed by atoms with Crippen LogP contribution >= 0.6 is 12.6 Å². The molecule has 22 heteroatoms. The maximum atomic E-state index is 13.9. The molecular weight excluding hydrogens is 959 g/mol. The smallest absolute Gasteiger partial charge is 0.336 e. The molecule has 6 atom stereocenters. The molecule has 0 radical (unpaired) electrons. The third-order valence-electron chi connectivity index (χ3n) is 12.5. The second kappa shape index (κ2) is 28.4. The number of aliphatic carboxylic acids is 1. The molecule has 2 aromatic carbocycles. The number of carboxylic acid groups (broad SMARTS) is 2. The third kappa shape index (κ3) is 16.8. The molecule has 398 valence electrons. The quantitative estimate of drug-likeness (QED) is 0.0239. The van der Waals surface area contributed by atoms with Crippen molar-refractivity contribution in [1.29, 1.82) is 0 Å². The molecule has 0 bridgehead atoms. The van der Waals surface area contributed by atoms with E-state index in [1.54, 1.807) is 27.0 Å². The van der Waals surface area contributed by atoms with Crippen LogP contribution in [-0.4, -0.2) is 140 Å². The zero-order valence-corrected chi connectivity index (χ0v) is 43.2. The molecule has 2 aliphatic rings. The number of allylic oxidation sites excluding steroid dienone is 1. The number of carbonyl (C=O) groups excluding carboxylic acids is 5. The van der Waals surface area contributed by atoms with Gasteiger partial charge in [-0.3, -0.25) is 29.0 Å². The van der Waals surface area contributed by atoms with E-state index in [0.717, 1.165) is 16.8 Å². The van der Waals surface area contributed by atoms with Gasteiger partial charge in [-0.05, 0) is 107 Å². The summed E-state index contributed by atoms with van der Waals surface area (Å²) in [5.41, 5.74) is 21.0. The molecule has 0 aromatic heterocycles. The van der Waals surface area contributed by atoms with Gasteiger partial charge in [-0.2, -0.15) is 12.6 Å². The Labute approximate surface area is 432 Å². The minimum atomic E-state index is -1.36. The number of nitrogens with zero attached hydrogens (tertiary/aromatic N) is 2. The highest BCUT2D eigenvalue weighted by molar-refractivity contribution is 7.80. The Bertz CT molecular complexity index is 2430. The molecule has 6 unspecified atom stereocenters. The Morgan fingerprint density at radius 3 is 2.04 bits per heavy atom. The van der Waals surface area contributed by atoms with E-state index in [1.807, 2.05) is 49.3 Å². The van der Waals surface area contributed by atoms with Crippen molar-refractivity contribution in [3.05, 3.63) is 88.5 Å². The normalized spacial score (nSPS) is 15.8. The number of likely N-dealkylation sites (N-methyl/N-ethyl adjacent to an activating group) is 1. The van der Waals surface area contributed by atoms with Gasteiger partial charge in [0.15, 0.2) is 5.96 Å². The number of amides is 5. The molecule has 0 saturated heterocycles. The molecule has 73 heavy (non-hydrogen) atoms. The molecular formula is C51H73N11O10S. The number of ether oxygens (including phenoxy) is 1. The maximum Gasteiger partial charge on any atom is 0.336 e. The summed E-state index contributed by atoms with van der Waals surface area (Å²) < 4.78 is 6.43. The number of rotatable bonds is 29. The lowest BCUT2D eigenvalue weighted by Gasteiger charge is -2.33. The van der Waals surface area contributed by atoms with Crippen LogP contribution in [0.15, 0.2) is 71.3 Å². The van der Waals surface area contributed by atoms with E-state index in [9.17, 15) is 43.8 Å². The van der Waals surface area contributed by atoms with Crippen molar-refractivity contribution < 1.29 is 48.5 Å². The number of benzene rings is 2. The van der Waals surface area contributed by atoms with Crippen LogP contribution in [0.4, 0.5) is 5.69 Å². The van der Waals surface area contributed by atoms with Crippen LogP contribution in [0.25, 0.3) is 5.57 Å². The molecule has 0 spiro atoms. The van der Waals surface area contributed by atoms with E-state index in [-0.39, 0.29) is 68.0 Å². The first-order valence-electron chi connectivity index (χ1n) is 24.4. The molecule has 4 rings (SSSR count). The number of thiol groups is 1. The number of carboxylic acids is 2. The second-order valence-corrected chi connectivity index (χ2v) is 18.9. The third-order valence-corrected chi connectivity index (χ3v) is 12.8. The van der Waals surface area contributed by atoms with Gasteiger partial charge in [0.25, 0.3) is 5.91 Å². The van der Waals surface area contributed by atoms with E-state index in [2.05, 4.69) is 56.1 Å². The fourth-order valence-electron chi connectivity index (χ4n) is 8.33. The fraction of sp³-hybridized carbons (Fsp3) is 0.490. The number of carbonyl (C=O) groups is 7. The minimum absolute atomic E-state index is 0.000618. The number of nitrogens with two attached hydrogens (primary N) is 3. The summed E-state index contributed by atoms with van der Waals surface area (Å²) in [6.07, 6.45) is 5.96. The van der Waals surface area contributed by atoms with Crippen LogP contribution in [0, 0.1) is 5.92 Å². The summed E-state index contributed by atoms with van der Waals surface area (Å²) in [5, 5.41) is 36.8. The van der Waals surface area contributed by atoms with Gasteiger partial charge in [0.1, 0.15) is 36.0 Å². The van der Waals surface area contributed by atoms with E-state index < -0.39 is 83.7 Å². The van der Waals surface area contributed by atoms with Crippen molar-refractivity contribution in [2.75, 3.05) is 51.4 Å². The number of hydrogen-bond donors (Lipinski definition) is 12. The summed E-state index contributed by atoms with van der Waals surface area (Å²) in [6, 6.07) is 4.55. The standard InChI is InChI=1S/C51H73N11O10S/c1-28(2)43(61-46(65)37(14-11-23-57-51(53)54)58-45(64)36(12-7-9-21-52)59-47(66)39(27-73)55-4)48(67)60-38(50(70)71)13-8-10-22-56-44(63)30-16-19-32(49(68)69)35(25-30)42-33-18-15-29(3)24-40(33)72-41-26-31(62(5)6)17-20-34(41)42/h15-20,25-26,28,36-40,43,55,73H,3,7-14,21-24,27,52H2,1-2,4-6H3,(H,56,63)(H,58,64)(H,59,66)(H,60,67)(H,61,65)(H,68,69)(H,70,71)(H4,53,54,57). The van der Waals surface area contributed by atoms with Gasteiger partial charge >= 0.3 is 11.9 Å². The highest BCUT2D eigenvalue weighted by Crippen LogP contribution is 2.45. The first-order chi connectivity index (χ1) is 34.7. The number of unbranched alkanes of at least 4 members (excludes halogenated alkanes) is 2. The van der Waals surface area contributed by atoms with Gasteiger partial charge in [0, 0.05) is 73.4 Å². The van der Waals surface area contributed by atoms with Crippen molar-refractivity contribution in [1.82, 2.24) is 31.9 Å². The lowest BCUT2D eigenvalue weighted by atomic mass is 9.81. The number of guanidine groups is 1. The van der Waals surface area contributed by atoms with Crippen LogP contribution in [0.2, 0.25) is 0 Å². The number of anilines is 1. The van der Waals surface area contributed by atoms with Crippen molar-refractivity contribution in [3.63, 3.8) is 0 Å². The molecule has 21 nitrogen and oxygen atoms in total. The highest BCUT2D eigenvalue weighted by Gasteiger charge is 2.35. The maximum absolute atomic E-state index is 13.9. The zero-order chi connectivity index (χ0) is 53.9. The van der Waals surface area contributed by atoms with Crippen LogP contribution in [0.1, 0.15) is 103 Å². The number of nitrogens with one attached hydrogen (secondary N) is 6. The molecule has 1 aliphatic heterocycles. The Morgan fingerprint density at radius 1 is 0.808 bits per heavy atom. The van der Waals surface area contributed by atoms with E-state index in [1.165, 1.54) is 12.1 Å². The van der Waals surface area contributed by atoms with Crippen LogP contribution in [0.3, 0.4) is 0 Å². The van der Waals surface area contributed by atoms with Crippen molar-refractivity contribution >= 4 is 71.3 Å². The zero-order valence-electron chi connectivity index (χ0n) is 42.3. The van der Waals surface area contributed by atoms with E-state index in [4.69, 9.17) is 21.9 Å². The monoisotopic (exact) mass is 1030 g/mol. The lowest BCUT2D eigenvalue weighted by Crippen LogP contribution is -2.59. The van der Waals surface area contributed by atoms with Crippen molar-refractivity contribution in [2.24, 2.45) is 28.1 Å². The SMILES string of the molecule is C=C1C=CC2=C(c3cc(C(=O)NCCCCC(NC(=O)C(NC(=O)C(CCCN=C(N)N)NC(=O)C(CCCCN)NC(=O)C(CS)NC)C(C)C)C(=O)O)ccc3C(=O)O)c3ccc(N(C)C)cc3OC2C1. The van der Waals surface area contributed by atoms with E-state index in [0.29, 0.717) is 54.7 Å². The lowest BCUT2D eigenvalue weighted by molar-refractivity contribution is -0.142. The van der Waals surface area contributed by atoms with Crippen LogP contribution < -0.4 is 58.7 Å². The average Bonchev–Trinajstić information content (AvgIpc) is 3.34. The number of aromatic carboxylic acids is 1. The summed E-state index contributed by atoms with van der Waals surface area (Å²) in [7, 11) is 5.39. The van der Waals surface area contributed by atoms with Crippen LogP contribution in [0.5, 0.6) is 5.75 Å². The minimum Gasteiger partial charge on any atom is -0.485 e. The van der Waals surface area contributed by atoms with Crippen molar-refractivity contribution in [3.8, 4) is 5.75 Å². The highest BCUT2D eigenvalue weighted by atomic mass is 32.1. The molecule has 1 aliphatic carbocycles.